The van der Waals surface area contributed by atoms with Crippen LogP contribution < -0.4 is 5.73 Å². The average molecular weight is 134 g/mol. The van der Waals surface area contributed by atoms with Gasteiger partial charge in [0.05, 0.1) is 11.4 Å². The third kappa shape index (κ3) is 1.16. The van der Waals surface area contributed by atoms with Crippen molar-refractivity contribution in [2.45, 2.75) is 6.92 Å². The number of hydrogen-bond acceptors (Lipinski definition) is 2. The molecule has 52 valence electrons. The number of aliphatic imine (C=N–C) groups is 1. The van der Waals surface area contributed by atoms with E-state index in [0.29, 0.717) is 5.69 Å². The van der Waals surface area contributed by atoms with E-state index in [1.165, 1.54) is 0 Å². The fourth-order valence-corrected chi connectivity index (χ4v) is 0.791. The Hall–Kier alpha value is -1.31. The maximum atomic E-state index is 5.57. The molecule has 0 aliphatic heterocycles. The van der Waals surface area contributed by atoms with Crippen LogP contribution in [0.15, 0.2) is 23.2 Å². The minimum atomic E-state index is 0.681. The number of benzene rings is 1. The van der Waals surface area contributed by atoms with Crippen molar-refractivity contribution in [2.75, 3.05) is 5.73 Å². The number of nitrogen functional groups attached to an aromatic ring is 1. The molecule has 2 heteroatoms. The summed E-state index contributed by atoms with van der Waals surface area (Å²) in [7, 11) is 0. The van der Waals surface area contributed by atoms with E-state index in [1.54, 1.807) is 0 Å². The zero-order chi connectivity index (χ0) is 7.56. The summed E-state index contributed by atoms with van der Waals surface area (Å²) in [6.45, 7) is 5.40. The van der Waals surface area contributed by atoms with Gasteiger partial charge in [0, 0.05) is 0 Å². The van der Waals surface area contributed by atoms with Gasteiger partial charge in [0.1, 0.15) is 0 Å². The van der Waals surface area contributed by atoms with Crippen LogP contribution in [0, 0.1) is 6.92 Å². The second-order valence-corrected chi connectivity index (χ2v) is 2.22. The van der Waals surface area contributed by atoms with E-state index in [2.05, 4.69) is 11.7 Å². The molecule has 0 fully saturated rings. The molecule has 0 radical (unpaired) electrons. The Morgan fingerprint density at radius 3 is 2.70 bits per heavy atom. The molecule has 0 bridgehead atoms. The number of hydrogen-bond donors (Lipinski definition) is 1. The summed E-state index contributed by atoms with van der Waals surface area (Å²) in [5.74, 6) is 0. The van der Waals surface area contributed by atoms with E-state index >= 15 is 0 Å². The van der Waals surface area contributed by atoms with E-state index in [-0.39, 0.29) is 0 Å². The molecule has 0 aromatic heterocycles. The number of anilines is 1. The Labute approximate surface area is 60.4 Å². The lowest BCUT2D eigenvalue weighted by Crippen LogP contribution is -1.84. The highest BCUT2D eigenvalue weighted by Crippen LogP contribution is 2.21. The standard InChI is InChI=1S/C8H10N2/c1-6-3-4-7(9)8(5-6)10-2/h3-5H,2,9H2,1H3. The second kappa shape index (κ2) is 2.52. The SMILES string of the molecule is C=Nc1cc(C)ccc1N. The molecule has 0 unspecified atom stereocenters. The lowest BCUT2D eigenvalue weighted by molar-refractivity contribution is 1.44. The first-order valence-electron chi connectivity index (χ1n) is 3.07. The van der Waals surface area contributed by atoms with Gasteiger partial charge in [0.25, 0.3) is 0 Å². The largest absolute Gasteiger partial charge is 0.397 e. The highest BCUT2D eigenvalue weighted by Gasteiger charge is 1.93. The molecule has 2 N–H and O–H groups in total. The van der Waals surface area contributed by atoms with Gasteiger partial charge in [-0.15, -0.1) is 0 Å². The smallest absolute Gasteiger partial charge is 0.0854 e. The molecule has 0 saturated carbocycles. The van der Waals surface area contributed by atoms with E-state index < -0.39 is 0 Å². The minimum Gasteiger partial charge on any atom is -0.397 e. The normalized spacial score (nSPS) is 9.30. The van der Waals surface area contributed by atoms with Crippen LogP contribution in [0.5, 0.6) is 0 Å². The fourth-order valence-electron chi connectivity index (χ4n) is 0.791. The van der Waals surface area contributed by atoms with Crippen molar-refractivity contribution < 1.29 is 0 Å². The zero-order valence-corrected chi connectivity index (χ0v) is 5.96. The van der Waals surface area contributed by atoms with Crippen molar-refractivity contribution in [3.63, 3.8) is 0 Å². The van der Waals surface area contributed by atoms with Crippen molar-refractivity contribution in [3.05, 3.63) is 23.8 Å². The molecule has 1 aromatic rings. The Bertz CT molecular complexity index is 253. The molecule has 1 aromatic carbocycles. The van der Waals surface area contributed by atoms with Gasteiger partial charge in [-0.3, -0.25) is 4.99 Å². The fraction of sp³-hybridized carbons (Fsp3) is 0.125. The van der Waals surface area contributed by atoms with Crippen molar-refractivity contribution in [1.29, 1.82) is 0 Å². The Morgan fingerprint density at radius 2 is 2.20 bits per heavy atom. The molecular formula is C8H10N2. The summed E-state index contributed by atoms with van der Waals surface area (Å²) in [5.41, 5.74) is 8.16. The maximum absolute atomic E-state index is 5.57. The lowest BCUT2D eigenvalue weighted by Gasteiger charge is -1.98. The van der Waals surface area contributed by atoms with Crippen LogP contribution in [0.2, 0.25) is 0 Å². The summed E-state index contributed by atoms with van der Waals surface area (Å²) >= 11 is 0. The quantitative estimate of drug-likeness (QED) is 0.462. The first-order valence-corrected chi connectivity index (χ1v) is 3.07. The predicted octanol–water partition coefficient (Wildman–Crippen LogP) is 1.91. The number of aryl methyl sites for hydroxylation is 1. The van der Waals surface area contributed by atoms with Gasteiger partial charge >= 0.3 is 0 Å². The zero-order valence-electron chi connectivity index (χ0n) is 5.96. The molecule has 2 nitrogen and oxygen atoms in total. The topological polar surface area (TPSA) is 38.4 Å². The maximum Gasteiger partial charge on any atom is 0.0854 e. The van der Waals surface area contributed by atoms with Gasteiger partial charge in [-0.1, -0.05) is 6.07 Å². The van der Waals surface area contributed by atoms with Crippen molar-refractivity contribution in [2.24, 2.45) is 4.99 Å². The summed E-state index contributed by atoms with van der Waals surface area (Å²) in [4.78, 5) is 3.76. The minimum absolute atomic E-state index is 0.681. The number of nitrogens with zero attached hydrogens (tertiary/aromatic N) is 1. The summed E-state index contributed by atoms with van der Waals surface area (Å²) in [6, 6.07) is 5.69. The van der Waals surface area contributed by atoms with Gasteiger partial charge in [-0.25, -0.2) is 0 Å². The second-order valence-electron chi connectivity index (χ2n) is 2.22. The molecule has 10 heavy (non-hydrogen) atoms. The van der Waals surface area contributed by atoms with Gasteiger partial charge in [0.15, 0.2) is 0 Å². The molecule has 0 aliphatic carbocycles. The Balaban J connectivity index is 3.21. The molecule has 0 amide bonds. The molecule has 1 rings (SSSR count). The first-order chi connectivity index (χ1) is 4.74. The highest BCUT2D eigenvalue weighted by molar-refractivity contribution is 5.65. The molecule has 0 saturated heterocycles. The van der Waals surface area contributed by atoms with Crippen LogP contribution in [-0.2, 0) is 0 Å². The average Bonchev–Trinajstić information content (AvgIpc) is 1.94. The lowest BCUT2D eigenvalue weighted by atomic mass is 10.2. The van der Waals surface area contributed by atoms with Crippen LogP contribution in [0.25, 0.3) is 0 Å². The van der Waals surface area contributed by atoms with Crippen LogP contribution in [0.1, 0.15) is 5.56 Å². The van der Waals surface area contributed by atoms with Crippen molar-refractivity contribution >= 4 is 18.1 Å². The Kier molecular flexibility index (Phi) is 1.71. The van der Waals surface area contributed by atoms with Crippen LogP contribution in [0.3, 0.4) is 0 Å². The van der Waals surface area contributed by atoms with E-state index in [4.69, 9.17) is 5.73 Å². The van der Waals surface area contributed by atoms with Gasteiger partial charge in [-0.2, -0.15) is 0 Å². The third-order valence-electron chi connectivity index (χ3n) is 1.36. The van der Waals surface area contributed by atoms with Gasteiger partial charge < -0.3 is 5.73 Å². The van der Waals surface area contributed by atoms with E-state index in [9.17, 15) is 0 Å². The monoisotopic (exact) mass is 134 g/mol. The van der Waals surface area contributed by atoms with Crippen molar-refractivity contribution in [3.8, 4) is 0 Å². The molecular weight excluding hydrogens is 124 g/mol. The molecule has 0 heterocycles. The van der Waals surface area contributed by atoms with E-state index in [0.717, 1.165) is 11.3 Å². The molecule has 0 atom stereocenters. The summed E-state index contributed by atoms with van der Waals surface area (Å²) < 4.78 is 0. The van der Waals surface area contributed by atoms with Crippen molar-refractivity contribution in [1.82, 2.24) is 0 Å². The van der Waals surface area contributed by atoms with Crippen LogP contribution in [-0.4, -0.2) is 6.72 Å². The van der Waals surface area contributed by atoms with E-state index in [1.807, 2.05) is 25.1 Å². The van der Waals surface area contributed by atoms with Gasteiger partial charge in [-0.05, 0) is 31.3 Å². The van der Waals surface area contributed by atoms with Gasteiger partial charge in [0.2, 0.25) is 0 Å². The van der Waals surface area contributed by atoms with Crippen LogP contribution in [0.4, 0.5) is 11.4 Å². The highest BCUT2D eigenvalue weighted by atomic mass is 14.7. The van der Waals surface area contributed by atoms with Crippen LogP contribution >= 0.6 is 0 Å². The molecule has 0 aliphatic rings. The summed E-state index contributed by atoms with van der Waals surface area (Å²) in [6.07, 6.45) is 0. The summed E-state index contributed by atoms with van der Waals surface area (Å²) in [5, 5.41) is 0. The Morgan fingerprint density at radius 1 is 1.50 bits per heavy atom. The molecule has 0 spiro atoms. The third-order valence-corrected chi connectivity index (χ3v) is 1.36. The first kappa shape index (κ1) is 6.81. The number of nitrogens with two attached hydrogens (primary N) is 1. The predicted molar refractivity (Wildman–Crippen MR) is 44.8 cm³/mol. The number of rotatable bonds is 1.